The highest BCUT2D eigenvalue weighted by Gasteiger charge is 2.30. The number of benzene rings is 1. The largest absolute Gasteiger partial charge is 0.338 e. The van der Waals surface area contributed by atoms with Crippen molar-refractivity contribution < 1.29 is 4.79 Å². The van der Waals surface area contributed by atoms with Gasteiger partial charge in [-0.05, 0) is 70.5 Å². The maximum atomic E-state index is 13.5. The number of carbonyl (C=O) groups is 1. The molecular weight excluding hydrogens is 394 g/mol. The SMILES string of the molecule is CCn1c(C2CCCN(C(=O)c3cc(C)n(-c4ccccc4C)c3C)C2)n[nH]c1=S. The lowest BCUT2D eigenvalue weighted by Gasteiger charge is -2.32. The molecule has 0 radical (unpaired) electrons. The molecule has 30 heavy (non-hydrogen) atoms. The van der Waals surface area contributed by atoms with E-state index >= 15 is 0 Å². The minimum atomic E-state index is 0.102. The second kappa shape index (κ2) is 8.22. The molecule has 4 rings (SSSR count). The number of aromatic nitrogens is 4. The first-order valence-electron chi connectivity index (χ1n) is 10.6. The van der Waals surface area contributed by atoms with Crippen molar-refractivity contribution in [2.45, 2.75) is 53.0 Å². The Bertz CT molecular complexity index is 1140. The van der Waals surface area contributed by atoms with Crippen LogP contribution in [0.2, 0.25) is 0 Å². The number of H-pyrrole nitrogens is 1. The third-order valence-electron chi connectivity index (χ3n) is 6.20. The van der Waals surface area contributed by atoms with Crippen molar-refractivity contribution in [1.82, 2.24) is 24.2 Å². The van der Waals surface area contributed by atoms with Crippen molar-refractivity contribution in [3.05, 3.63) is 63.4 Å². The molecule has 1 N–H and O–H groups in total. The zero-order valence-corrected chi connectivity index (χ0v) is 18.9. The maximum Gasteiger partial charge on any atom is 0.255 e. The van der Waals surface area contributed by atoms with Crippen LogP contribution in [0.1, 0.15) is 58.8 Å². The number of piperidine rings is 1. The van der Waals surface area contributed by atoms with E-state index in [0.29, 0.717) is 11.3 Å². The third-order valence-corrected chi connectivity index (χ3v) is 6.51. The highest BCUT2D eigenvalue weighted by molar-refractivity contribution is 7.71. The van der Waals surface area contributed by atoms with Crippen molar-refractivity contribution >= 4 is 18.1 Å². The van der Waals surface area contributed by atoms with Gasteiger partial charge in [0.05, 0.1) is 5.56 Å². The van der Waals surface area contributed by atoms with E-state index in [9.17, 15) is 4.79 Å². The number of hydrogen-bond acceptors (Lipinski definition) is 3. The van der Waals surface area contributed by atoms with Gasteiger partial charge in [-0.25, -0.2) is 0 Å². The van der Waals surface area contributed by atoms with Gasteiger partial charge in [0, 0.05) is 42.6 Å². The van der Waals surface area contributed by atoms with Gasteiger partial charge in [0.15, 0.2) is 4.77 Å². The quantitative estimate of drug-likeness (QED) is 0.619. The van der Waals surface area contributed by atoms with Crippen molar-refractivity contribution in [1.29, 1.82) is 0 Å². The van der Waals surface area contributed by atoms with Gasteiger partial charge in [0.1, 0.15) is 5.82 Å². The van der Waals surface area contributed by atoms with E-state index in [1.165, 1.54) is 5.56 Å². The van der Waals surface area contributed by atoms with Gasteiger partial charge in [0.25, 0.3) is 5.91 Å². The van der Waals surface area contributed by atoms with Gasteiger partial charge in [-0.1, -0.05) is 18.2 Å². The lowest BCUT2D eigenvalue weighted by Crippen LogP contribution is -2.40. The molecule has 1 aliphatic heterocycles. The zero-order valence-electron chi connectivity index (χ0n) is 18.1. The molecule has 158 valence electrons. The maximum absolute atomic E-state index is 13.5. The zero-order chi connectivity index (χ0) is 21.4. The Balaban J connectivity index is 1.63. The van der Waals surface area contributed by atoms with E-state index in [0.717, 1.165) is 54.4 Å². The molecule has 1 amide bonds. The van der Waals surface area contributed by atoms with Crippen molar-refractivity contribution in [3.63, 3.8) is 0 Å². The molecule has 6 nitrogen and oxygen atoms in total. The van der Waals surface area contributed by atoms with Crippen LogP contribution in [0.4, 0.5) is 0 Å². The van der Waals surface area contributed by atoms with Crippen LogP contribution in [0.25, 0.3) is 5.69 Å². The lowest BCUT2D eigenvalue weighted by atomic mass is 9.96. The summed E-state index contributed by atoms with van der Waals surface area (Å²) >= 11 is 5.35. The molecule has 0 aliphatic carbocycles. The predicted molar refractivity (Wildman–Crippen MR) is 121 cm³/mol. The number of amides is 1. The molecule has 0 bridgehead atoms. The van der Waals surface area contributed by atoms with Crippen molar-refractivity contribution in [2.75, 3.05) is 13.1 Å². The van der Waals surface area contributed by atoms with Gasteiger partial charge in [-0.3, -0.25) is 9.89 Å². The Kier molecular flexibility index (Phi) is 5.64. The van der Waals surface area contributed by atoms with Gasteiger partial charge >= 0.3 is 0 Å². The highest BCUT2D eigenvalue weighted by Crippen LogP contribution is 2.29. The summed E-state index contributed by atoms with van der Waals surface area (Å²) in [4.78, 5) is 15.5. The fourth-order valence-electron chi connectivity index (χ4n) is 4.65. The first-order valence-corrected chi connectivity index (χ1v) is 11.0. The summed E-state index contributed by atoms with van der Waals surface area (Å²) in [5, 5.41) is 7.38. The second-order valence-corrected chi connectivity index (χ2v) is 8.51. The van der Waals surface area contributed by atoms with Gasteiger partial charge < -0.3 is 14.0 Å². The molecule has 1 atom stereocenters. The van der Waals surface area contributed by atoms with E-state index in [4.69, 9.17) is 12.2 Å². The van der Waals surface area contributed by atoms with E-state index in [-0.39, 0.29) is 11.8 Å². The number of aromatic amines is 1. The van der Waals surface area contributed by atoms with Gasteiger partial charge in [-0.2, -0.15) is 5.10 Å². The average molecular weight is 424 g/mol. The number of likely N-dealkylation sites (tertiary alicyclic amines) is 1. The highest BCUT2D eigenvalue weighted by atomic mass is 32.1. The van der Waals surface area contributed by atoms with E-state index in [1.54, 1.807) is 0 Å². The third kappa shape index (κ3) is 3.51. The lowest BCUT2D eigenvalue weighted by molar-refractivity contribution is 0.0702. The Morgan fingerprint density at radius 1 is 1.27 bits per heavy atom. The number of para-hydroxylation sites is 1. The van der Waals surface area contributed by atoms with E-state index in [1.807, 2.05) is 34.6 Å². The number of rotatable bonds is 4. The van der Waals surface area contributed by atoms with Crippen LogP contribution in [0.5, 0.6) is 0 Å². The molecule has 1 aliphatic rings. The molecule has 1 unspecified atom stereocenters. The molecule has 7 heteroatoms. The summed E-state index contributed by atoms with van der Waals surface area (Å²) < 4.78 is 4.88. The molecule has 1 fully saturated rings. The van der Waals surface area contributed by atoms with Crippen LogP contribution in [0.15, 0.2) is 30.3 Å². The number of hydrogen-bond donors (Lipinski definition) is 1. The van der Waals surface area contributed by atoms with Crippen LogP contribution in [-0.4, -0.2) is 43.2 Å². The van der Waals surface area contributed by atoms with Gasteiger partial charge in [0.2, 0.25) is 0 Å². The molecule has 0 saturated carbocycles. The smallest absolute Gasteiger partial charge is 0.255 e. The fraction of sp³-hybridized carbons (Fsp3) is 0.435. The minimum Gasteiger partial charge on any atom is -0.338 e. The number of carbonyl (C=O) groups excluding carboxylic acids is 1. The summed E-state index contributed by atoms with van der Waals surface area (Å²) in [6.07, 6.45) is 1.99. The van der Waals surface area contributed by atoms with E-state index in [2.05, 4.69) is 47.7 Å². The summed E-state index contributed by atoms with van der Waals surface area (Å²) in [5.74, 6) is 1.27. The number of nitrogens with zero attached hydrogens (tertiary/aromatic N) is 4. The number of aryl methyl sites for hydroxylation is 2. The molecular formula is C23H29N5OS. The molecule has 3 aromatic rings. The standard InChI is InChI=1S/C23H29N5OS/c1-5-27-21(24-25-23(27)30)18-10-8-12-26(14-18)22(29)19-13-16(3)28(17(19)4)20-11-7-6-9-15(20)2/h6-7,9,11,13,18H,5,8,10,12,14H2,1-4H3,(H,25,30). The Morgan fingerprint density at radius 2 is 2.03 bits per heavy atom. The van der Waals surface area contributed by atoms with Crippen molar-refractivity contribution in [3.8, 4) is 5.69 Å². The van der Waals surface area contributed by atoms with Crippen LogP contribution >= 0.6 is 12.2 Å². The summed E-state index contributed by atoms with van der Waals surface area (Å²) in [7, 11) is 0. The summed E-state index contributed by atoms with van der Waals surface area (Å²) in [5.41, 5.74) is 5.17. The normalized spacial score (nSPS) is 16.8. The molecule has 2 aromatic heterocycles. The first-order chi connectivity index (χ1) is 14.4. The predicted octanol–water partition coefficient (Wildman–Crippen LogP) is 4.70. The summed E-state index contributed by atoms with van der Waals surface area (Å²) in [6.45, 7) is 10.5. The topological polar surface area (TPSA) is 58.9 Å². The minimum absolute atomic E-state index is 0.102. The monoisotopic (exact) mass is 423 g/mol. The Morgan fingerprint density at radius 3 is 2.77 bits per heavy atom. The van der Waals surface area contributed by atoms with E-state index < -0.39 is 0 Å². The average Bonchev–Trinajstić information content (AvgIpc) is 3.27. The molecule has 3 heterocycles. The van der Waals surface area contributed by atoms with Crippen LogP contribution < -0.4 is 0 Å². The number of nitrogens with one attached hydrogen (secondary N) is 1. The van der Waals surface area contributed by atoms with Gasteiger partial charge in [-0.15, -0.1) is 0 Å². The summed E-state index contributed by atoms with van der Waals surface area (Å²) in [6, 6.07) is 10.3. The first kappa shape index (κ1) is 20.6. The Labute approximate surface area is 182 Å². The molecule has 1 saturated heterocycles. The molecule has 0 spiro atoms. The Hall–Kier alpha value is -2.67. The second-order valence-electron chi connectivity index (χ2n) is 8.13. The molecule has 1 aromatic carbocycles. The van der Waals surface area contributed by atoms with Crippen LogP contribution in [0, 0.1) is 25.5 Å². The van der Waals surface area contributed by atoms with Crippen LogP contribution in [-0.2, 0) is 6.54 Å². The van der Waals surface area contributed by atoms with Crippen LogP contribution in [0.3, 0.4) is 0 Å². The fourth-order valence-corrected chi connectivity index (χ4v) is 4.92. The van der Waals surface area contributed by atoms with Crippen molar-refractivity contribution in [2.24, 2.45) is 0 Å².